The van der Waals surface area contributed by atoms with Crippen molar-refractivity contribution in [3.63, 3.8) is 0 Å². The van der Waals surface area contributed by atoms with Gasteiger partial charge in [0.1, 0.15) is 11.0 Å². The fourth-order valence-electron chi connectivity index (χ4n) is 1.92. The zero-order chi connectivity index (χ0) is 17.7. The maximum absolute atomic E-state index is 12.1. The van der Waals surface area contributed by atoms with Crippen molar-refractivity contribution in [2.45, 2.75) is 38.6 Å². The van der Waals surface area contributed by atoms with Crippen molar-refractivity contribution in [1.29, 1.82) is 0 Å². The van der Waals surface area contributed by atoms with Crippen LogP contribution in [0.2, 0.25) is 4.34 Å². The maximum atomic E-state index is 12.1. The van der Waals surface area contributed by atoms with Crippen LogP contribution in [0.5, 0.6) is 0 Å². The van der Waals surface area contributed by atoms with E-state index in [9.17, 15) is 19.2 Å². The van der Waals surface area contributed by atoms with Crippen LogP contribution >= 0.6 is 22.9 Å². The molecule has 0 spiro atoms. The highest BCUT2D eigenvalue weighted by atomic mass is 35.5. The van der Waals surface area contributed by atoms with Crippen molar-refractivity contribution in [3.05, 3.63) is 16.0 Å². The predicted octanol–water partition coefficient (Wildman–Crippen LogP) is 1.92. The molecule has 2 aliphatic rings. The van der Waals surface area contributed by atoms with Crippen LogP contribution in [0.15, 0.2) is 6.07 Å². The quantitative estimate of drug-likeness (QED) is 0.555. The Hall–Kier alpha value is -1.93. The van der Waals surface area contributed by atoms with E-state index < -0.39 is 17.9 Å². The number of hydrogen-bond donors (Lipinski definition) is 3. The zero-order valence-corrected chi connectivity index (χ0v) is 14.6. The summed E-state index contributed by atoms with van der Waals surface area (Å²) in [6.07, 6.45) is 3.82. The van der Waals surface area contributed by atoms with Gasteiger partial charge in [0.05, 0.1) is 9.90 Å². The average Bonchev–Trinajstić information content (AvgIpc) is 3.21. The van der Waals surface area contributed by atoms with E-state index in [2.05, 4.69) is 22.9 Å². The lowest BCUT2D eigenvalue weighted by molar-refractivity contribution is -0.134. The third-order valence-electron chi connectivity index (χ3n) is 3.55. The Balaban J connectivity index is 0.000000454. The fraction of sp³-hybridized carbons (Fsp3) is 0.467. The number of halogens is 1. The van der Waals surface area contributed by atoms with Crippen LogP contribution in [-0.2, 0) is 14.4 Å². The second kappa shape index (κ2) is 8.25. The molecule has 4 amide bonds. The molecule has 0 bridgehead atoms. The number of carbonyl (C=O) groups is 4. The summed E-state index contributed by atoms with van der Waals surface area (Å²) in [6.45, 7) is 2.28. The first-order chi connectivity index (χ1) is 11.4. The molecular weight excluding hydrogens is 354 g/mol. The molecule has 1 atom stereocenters. The third kappa shape index (κ3) is 5.31. The van der Waals surface area contributed by atoms with E-state index in [4.69, 9.17) is 11.6 Å². The molecule has 1 aliphatic heterocycles. The van der Waals surface area contributed by atoms with E-state index in [0.717, 1.165) is 17.3 Å². The predicted molar refractivity (Wildman–Crippen MR) is 91.1 cm³/mol. The van der Waals surface area contributed by atoms with Crippen molar-refractivity contribution in [2.75, 3.05) is 5.32 Å². The van der Waals surface area contributed by atoms with Crippen molar-refractivity contribution < 1.29 is 19.2 Å². The van der Waals surface area contributed by atoms with Gasteiger partial charge < -0.3 is 10.6 Å². The van der Waals surface area contributed by atoms with Crippen molar-refractivity contribution in [2.24, 2.45) is 5.92 Å². The largest absolute Gasteiger partial charge is 0.340 e. The Bertz CT molecular complexity index is 657. The molecule has 130 valence electrons. The van der Waals surface area contributed by atoms with Crippen LogP contribution in [0.3, 0.4) is 0 Å². The van der Waals surface area contributed by atoms with Crippen LogP contribution in [0.4, 0.5) is 5.00 Å². The van der Waals surface area contributed by atoms with Crippen molar-refractivity contribution >= 4 is 52.1 Å². The van der Waals surface area contributed by atoms with Gasteiger partial charge in [-0.2, -0.15) is 0 Å². The maximum Gasteiger partial charge on any atom is 0.254 e. The summed E-state index contributed by atoms with van der Waals surface area (Å²) in [5.41, 5.74) is 0.178. The summed E-state index contributed by atoms with van der Waals surface area (Å²) in [6, 6.07) is 0.627. The summed E-state index contributed by atoms with van der Waals surface area (Å²) >= 11 is 6.83. The number of piperidine rings is 1. The molecule has 1 aliphatic carbocycles. The monoisotopic (exact) mass is 371 g/mol. The van der Waals surface area contributed by atoms with Gasteiger partial charge in [-0.25, -0.2) is 0 Å². The summed E-state index contributed by atoms with van der Waals surface area (Å²) in [4.78, 5) is 45.1. The summed E-state index contributed by atoms with van der Waals surface area (Å²) in [5.74, 6) is -0.352. The Labute approximate surface area is 148 Å². The number of anilines is 1. The molecule has 1 aromatic heterocycles. The highest BCUT2D eigenvalue weighted by Gasteiger charge is 2.29. The third-order valence-corrected chi connectivity index (χ3v) is 4.74. The van der Waals surface area contributed by atoms with Crippen LogP contribution in [0.1, 0.15) is 43.0 Å². The van der Waals surface area contributed by atoms with Gasteiger partial charge in [-0.1, -0.05) is 31.4 Å². The van der Waals surface area contributed by atoms with Gasteiger partial charge in [-0.15, -0.1) is 11.3 Å². The molecule has 2 heterocycles. The minimum atomic E-state index is -0.775. The smallest absolute Gasteiger partial charge is 0.254 e. The minimum Gasteiger partial charge on any atom is -0.340 e. The molecule has 1 saturated carbocycles. The average molecular weight is 372 g/mol. The topological polar surface area (TPSA) is 104 Å². The van der Waals surface area contributed by atoms with Crippen LogP contribution in [0, 0.1) is 5.92 Å². The molecule has 0 aromatic carbocycles. The number of hydrogen-bond acceptors (Lipinski definition) is 5. The first-order valence-corrected chi connectivity index (χ1v) is 8.74. The zero-order valence-electron chi connectivity index (χ0n) is 13.1. The second-order valence-corrected chi connectivity index (χ2v) is 7.40. The molecular formula is C15H18ClN3O4S. The number of carbonyl (C=O) groups excluding carboxylic acids is 4. The Morgan fingerprint density at radius 1 is 1.38 bits per heavy atom. The number of nitrogens with one attached hydrogen (secondary N) is 3. The molecule has 9 heteroatoms. The SMILES string of the molecule is CC1CC1.O=CNc1sc(Cl)cc1C(=O)NC1CCC(=O)NC1=O. The lowest BCUT2D eigenvalue weighted by Crippen LogP contribution is -2.52. The standard InChI is InChI=1S/C11H10ClN3O4S.C4H8/c12-7-3-5(11(20-7)13-4-16)9(18)14-6-1-2-8(17)15-10(6)19;1-4-2-3-4/h3-4,6H,1-2H2,(H,13,16)(H,14,18)(H,15,17,19);4H,2-3H2,1H3. The van der Waals surface area contributed by atoms with Gasteiger partial charge in [0.2, 0.25) is 18.2 Å². The van der Waals surface area contributed by atoms with Crippen molar-refractivity contribution in [1.82, 2.24) is 10.6 Å². The van der Waals surface area contributed by atoms with Gasteiger partial charge >= 0.3 is 0 Å². The summed E-state index contributed by atoms with van der Waals surface area (Å²) in [5, 5.41) is 7.32. The van der Waals surface area contributed by atoms with Gasteiger partial charge in [-0.3, -0.25) is 24.5 Å². The minimum absolute atomic E-state index is 0.167. The van der Waals surface area contributed by atoms with E-state index in [1.54, 1.807) is 0 Å². The fourth-order valence-corrected chi connectivity index (χ4v) is 3.01. The van der Waals surface area contributed by atoms with Gasteiger partial charge in [0.25, 0.3) is 5.91 Å². The van der Waals surface area contributed by atoms with Crippen LogP contribution < -0.4 is 16.0 Å². The van der Waals surface area contributed by atoms with Crippen LogP contribution in [0.25, 0.3) is 0 Å². The number of rotatable bonds is 4. The molecule has 0 radical (unpaired) electrons. The Morgan fingerprint density at radius 2 is 2.04 bits per heavy atom. The molecule has 3 rings (SSSR count). The van der Waals surface area contributed by atoms with E-state index in [1.807, 2.05) is 0 Å². The highest BCUT2D eigenvalue weighted by Crippen LogP contribution is 2.31. The first kappa shape index (κ1) is 18.4. The van der Waals surface area contributed by atoms with E-state index >= 15 is 0 Å². The lowest BCUT2D eigenvalue weighted by Gasteiger charge is -2.21. The van der Waals surface area contributed by atoms with Crippen LogP contribution in [-0.4, -0.2) is 30.2 Å². The molecule has 1 unspecified atom stereocenters. The van der Waals surface area contributed by atoms with E-state index in [0.29, 0.717) is 15.7 Å². The Morgan fingerprint density at radius 3 is 2.58 bits per heavy atom. The van der Waals surface area contributed by atoms with Gasteiger partial charge in [-0.05, 0) is 18.4 Å². The molecule has 1 aromatic rings. The summed E-state index contributed by atoms with van der Waals surface area (Å²) in [7, 11) is 0. The number of thiophene rings is 1. The lowest BCUT2D eigenvalue weighted by atomic mass is 10.1. The normalized spacial score (nSPS) is 19.7. The molecule has 1 saturated heterocycles. The highest BCUT2D eigenvalue weighted by molar-refractivity contribution is 7.20. The molecule has 7 nitrogen and oxygen atoms in total. The second-order valence-electron chi connectivity index (χ2n) is 5.72. The Kier molecular flexibility index (Phi) is 6.33. The number of imide groups is 1. The first-order valence-electron chi connectivity index (χ1n) is 7.54. The molecule has 3 N–H and O–H groups in total. The van der Waals surface area contributed by atoms with E-state index in [1.165, 1.54) is 18.9 Å². The number of amides is 4. The van der Waals surface area contributed by atoms with Gasteiger partial charge in [0, 0.05) is 6.42 Å². The molecule has 24 heavy (non-hydrogen) atoms. The van der Waals surface area contributed by atoms with E-state index in [-0.39, 0.29) is 24.3 Å². The molecule has 2 fully saturated rings. The summed E-state index contributed by atoms with van der Waals surface area (Å²) < 4.78 is 0.336. The van der Waals surface area contributed by atoms with Gasteiger partial charge in [0.15, 0.2) is 0 Å². The van der Waals surface area contributed by atoms with Crippen molar-refractivity contribution in [3.8, 4) is 0 Å².